The third kappa shape index (κ3) is 4.14. The molecule has 0 aliphatic heterocycles. The van der Waals surface area contributed by atoms with Gasteiger partial charge in [0.15, 0.2) is 0 Å². The molecule has 17 heavy (non-hydrogen) atoms. The number of nitrogens with one attached hydrogen (secondary N) is 1. The first-order valence-corrected chi connectivity index (χ1v) is 6.76. The average molecular weight is 262 g/mol. The molecule has 0 bridgehead atoms. The molecule has 1 atom stereocenters. The molecule has 4 heteroatoms. The first-order valence-electron chi connectivity index (χ1n) is 6.76. The van der Waals surface area contributed by atoms with Crippen molar-refractivity contribution < 1.29 is 9.90 Å². The fourth-order valence-corrected chi connectivity index (χ4v) is 3.22. The van der Waals surface area contributed by atoms with Crippen LogP contribution in [0.5, 0.6) is 0 Å². The lowest BCUT2D eigenvalue weighted by Crippen LogP contribution is -2.47. The largest absolute Gasteiger partial charge is 0.480 e. The summed E-state index contributed by atoms with van der Waals surface area (Å²) in [6.45, 7) is 0. The minimum absolute atomic E-state index is 0. The molecule has 100 valence electrons. The summed E-state index contributed by atoms with van der Waals surface area (Å²) in [4.78, 5) is 11.3. The molecule has 0 aromatic heterocycles. The molecule has 2 saturated carbocycles. The monoisotopic (exact) mass is 261 g/mol. The quantitative estimate of drug-likeness (QED) is 0.818. The zero-order valence-electron chi connectivity index (χ0n) is 10.4. The zero-order valence-corrected chi connectivity index (χ0v) is 11.2. The van der Waals surface area contributed by atoms with E-state index in [1.54, 1.807) is 0 Å². The van der Waals surface area contributed by atoms with Crippen LogP contribution >= 0.6 is 12.4 Å². The summed E-state index contributed by atoms with van der Waals surface area (Å²) >= 11 is 0. The lowest BCUT2D eigenvalue weighted by molar-refractivity contribution is -0.141. The number of carbonyl (C=O) groups is 1. The van der Waals surface area contributed by atoms with Crippen molar-refractivity contribution in [2.24, 2.45) is 5.92 Å². The van der Waals surface area contributed by atoms with Gasteiger partial charge in [0.2, 0.25) is 0 Å². The van der Waals surface area contributed by atoms with E-state index in [1.165, 1.54) is 32.1 Å². The normalized spacial score (nSPS) is 24.2. The molecule has 2 rings (SSSR count). The van der Waals surface area contributed by atoms with E-state index in [0.717, 1.165) is 25.7 Å². The molecule has 0 aromatic carbocycles. The molecule has 2 N–H and O–H groups in total. The Morgan fingerprint density at radius 1 is 1.00 bits per heavy atom. The number of halogens is 1. The van der Waals surface area contributed by atoms with Crippen LogP contribution in [0.3, 0.4) is 0 Å². The highest BCUT2D eigenvalue weighted by Crippen LogP contribution is 2.28. The first kappa shape index (κ1) is 14.8. The van der Waals surface area contributed by atoms with E-state index >= 15 is 0 Å². The van der Waals surface area contributed by atoms with Crippen LogP contribution in [-0.4, -0.2) is 23.2 Å². The molecule has 0 heterocycles. The molecule has 0 radical (unpaired) electrons. The Balaban J connectivity index is 0.00000144. The van der Waals surface area contributed by atoms with Gasteiger partial charge in [0.1, 0.15) is 6.04 Å². The van der Waals surface area contributed by atoms with Crippen LogP contribution in [-0.2, 0) is 4.79 Å². The summed E-state index contributed by atoms with van der Waals surface area (Å²) < 4.78 is 0. The van der Waals surface area contributed by atoms with Gasteiger partial charge in [-0.25, -0.2) is 0 Å². The Labute approximate surface area is 110 Å². The topological polar surface area (TPSA) is 49.3 Å². The number of hydrogen-bond acceptors (Lipinski definition) is 2. The minimum Gasteiger partial charge on any atom is -0.480 e. The predicted molar refractivity (Wildman–Crippen MR) is 70.6 cm³/mol. The van der Waals surface area contributed by atoms with Gasteiger partial charge in [0.05, 0.1) is 0 Å². The second-order valence-corrected chi connectivity index (χ2v) is 5.36. The van der Waals surface area contributed by atoms with E-state index in [0.29, 0.717) is 12.0 Å². The molecule has 0 amide bonds. The lowest BCUT2D eigenvalue weighted by Gasteiger charge is -2.30. The van der Waals surface area contributed by atoms with Crippen molar-refractivity contribution in [3.05, 3.63) is 0 Å². The summed E-state index contributed by atoms with van der Waals surface area (Å²) in [6.07, 6.45) is 10.7. The van der Waals surface area contributed by atoms with Crippen molar-refractivity contribution in [2.75, 3.05) is 0 Å². The maximum absolute atomic E-state index is 11.3. The van der Waals surface area contributed by atoms with Gasteiger partial charge in [0.25, 0.3) is 0 Å². The Hall–Kier alpha value is -0.280. The molecule has 2 fully saturated rings. The van der Waals surface area contributed by atoms with Crippen LogP contribution in [0.2, 0.25) is 0 Å². The van der Waals surface area contributed by atoms with Crippen LogP contribution in [0.25, 0.3) is 0 Å². The van der Waals surface area contributed by atoms with Crippen LogP contribution in [0.15, 0.2) is 0 Å². The second-order valence-electron chi connectivity index (χ2n) is 5.36. The third-order valence-electron chi connectivity index (χ3n) is 4.16. The third-order valence-corrected chi connectivity index (χ3v) is 4.16. The Morgan fingerprint density at radius 3 is 2.06 bits per heavy atom. The van der Waals surface area contributed by atoms with Gasteiger partial charge in [-0.15, -0.1) is 12.4 Å². The molecule has 0 unspecified atom stereocenters. The van der Waals surface area contributed by atoms with Crippen LogP contribution in [0.4, 0.5) is 0 Å². The van der Waals surface area contributed by atoms with Gasteiger partial charge < -0.3 is 10.4 Å². The SMILES string of the molecule is Cl.O=C(O)[C@@H](NC1CCCC1)C1CCCCC1. The summed E-state index contributed by atoms with van der Waals surface area (Å²) in [6, 6.07) is 0.173. The first-order chi connectivity index (χ1) is 7.77. The van der Waals surface area contributed by atoms with Gasteiger partial charge in [-0.05, 0) is 31.6 Å². The second kappa shape index (κ2) is 7.22. The summed E-state index contributed by atoms with van der Waals surface area (Å²) in [5.74, 6) is -0.273. The van der Waals surface area contributed by atoms with Gasteiger partial charge in [-0.1, -0.05) is 32.1 Å². The predicted octanol–water partition coefficient (Wildman–Crippen LogP) is 2.97. The van der Waals surface area contributed by atoms with Crippen molar-refractivity contribution in [2.45, 2.75) is 69.9 Å². The standard InChI is InChI=1S/C13H23NO2.ClH/c15-13(16)12(10-6-2-1-3-7-10)14-11-8-4-5-9-11;/h10-12,14H,1-9H2,(H,15,16);1H/t12-;/m0./s1. The maximum atomic E-state index is 11.3. The number of carboxylic acids is 1. The van der Waals surface area contributed by atoms with E-state index < -0.39 is 5.97 Å². The Kier molecular flexibility index (Phi) is 6.28. The van der Waals surface area contributed by atoms with E-state index in [4.69, 9.17) is 0 Å². The zero-order chi connectivity index (χ0) is 11.4. The van der Waals surface area contributed by atoms with Gasteiger partial charge in [-0.2, -0.15) is 0 Å². The minimum atomic E-state index is -0.640. The van der Waals surface area contributed by atoms with E-state index in [-0.39, 0.29) is 18.4 Å². The van der Waals surface area contributed by atoms with E-state index in [1.807, 2.05) is 0 Å². The van der Waals surface area contributed by atoms with E-state index in [9.17, 15) is 9.90 Å². The number of hydrogen-bond donors (Lipinski definition) is 2. The lowest BCUT2D eigenvalue weighted by atomic mass is 9.83. The smallest absolute Gasteiger partial charge is 0.320 e. The molecule has 2 aliphatic carbocycles. The summed E-state index contributed by atoms with van der Waals surface area (Å²) in [7, 11) is 0. The molecule has 2 aliphatic rings. The molecular weight excluding hydrogens is 238 g/mol. The maximum Gasteiger partial charge on any atom is 0.320 e. The van der Waals surface area contributed by atoms with E-state index in [2.05, 4.69) is 5.32 Å². The fourth-order valence-electron chi connectivity index (χ4n) is 3.22. The number of carboxylic acid groups (broad SMARTS) is 1. The highest BCUT2D eigenvalue weighted by atomic mass is 35.5. The highest BCUT2D eigenvalue weighted by molar-refractivity contribution is 5.85. The number of rotatable bonds is 4. The average Bonchev–Trinajstić information content (AvgIpc) is 2.79. The molecule has 0 saturated heterocycles. The fraction of sp³-hybridized carbons (Fsp3) is 0.923. The van der Waals surface area contributed by atoms with Crippen LogP contribution in [0.1, 0.15) is 57.8 Å². The van der Waals surface area contributed by atoms with Crippen molar-refractivity contribution in [3.8, 4) is 0 Å². The van der Waals surface area contributed by atoms with Crippen molar-refractivity contribution in [1.29, 1.82) is 0 Å². The summed E-state index contributed by atoms with van der Waals surface area (Å²) in [5, 5.41) is 12.7. The van der Waals surface area contributed by atoms with Crippen molar-refractivity contribution in [3.63, 3.8) is 0 Å². The van der Waals surface area contributed by atoms with Crippen molar-refractivity contribution in [1.82, 2.24) is 5.32 Å². The van der Waals surface area contributed by atoms with Gasteiger partial charge >= 0.3 is 5.97 Å². The van der Waals surface area contributed by atoms with Crippen LogP contribution < -0.4 is 5.32 Å². The Bertz CT molecular complexity index is 236. The van der Waals surface area contributed by atoms with Gasteiger partial charge in [-0.3, -0.25) is 4.79 Å². The molecule has 0 aromatic rings. The molecule has 0 spiro atoms. The van der Waals surface area contributed by atoms with Crippen LogP contribution in [0, 0.1) is 5.92 Å². The summed E-state index contributed by atoms with van der Waals surface area (Å²) in [5.41, 5.74) is 0. The van der Waals surface area contributed by atoms with Gasteiger partial charge in [0, 0.05) is 6.04 Å². The molecule has 3 nitrogen and oxygen atoms in total. The molecular formula is C13H24ClNO2. The number of aliphatic carboxylic acids is 1. The highest BCUT2D eigenvalue weighted by Gasteiger charge is 2.31. The van der Waals surface area contributed by atoms with Crippen molar-refractivity contribution >= 4 is 18.4 Å². The Morgan fingerprint density at radius 2 is 1.53 bits per heavy atom.